The van der Waals surface area contributed by atoms with Crippen LogP contribution in [-0.4, -0.2) is 113 Å². The monoisotopic (exact) mass is 927 g/mol. The zero-order valence-corrected chi connectivity index (χ0v) is 38.7. The molecule has 4 fully saturated rings. The van der Waals surface area contributed by atoms with E-state index in [1.165, 1.54) is 11.9 Å². The van der Waals surface area contributed by atoms with Crippen LogP contribution in [0.5, 0.6) is 5.75 Å². The van der Waals surface area contributed by atoms with E-state index in [0.29, 0.717) is 72.4 Å². The van der Waals surface area contributed by atoms with Crippen molar-refractivity contribution >= 4 is 69.0 Å². The summed E-state index contributed by atoms with van der Waals surface area (Å²) in [6.45, 7) is 11.2. The molecule has 4 aromatic rings. The van der Waals surface area contributed by atoms with Crippen LogP contribution < -0.4 is 36.0 Å². The van der Waals surface area contributed by atoms with Crippen molar-refractivity contribution in [2.45, 2.75) is 96.1 Å². The number of ether oxygens (including phenoxy) is 1. The molecule has 3 N–H and O–H groups in total. The number of benzene rings is 2. The van der Waals surface area contributed by atoms with Crippen molar-refractivity contribution in [3.05, 3.63) is 81.0 Å². The SMILES string of the molecule is CNC(=O)COc1cc2cc(Nc3cc(N4CCC(F)(CN5CCC6(CC5)CN(c5ccc7c(c5F)CN(C5CCC(=O)NC5=O)C7=O)C6(C)C)CC4)ncc3Cl)ccc2n(C(C)C)c1=O. The standard InChI is InChI=1S/C48H56ClF2N9O6/c1-28(2)60-35-8-6-30(20-29(35)21-38(45(60)65)66-25-41(62)52-5)54-34-22-39(53-23-33(34)49)57-18-14-48(51,15-19-57)27-56-16-12-47(13-17-56)26-59(46(47,3)4)36-9-7-31-32(42(36)50)24-58(44(31)64)37-10-11-40(61)55-43(37)63/h6-9,20-23,28,37H,10-19,24-27H2,1-5H3,(H,52,62)(H,53,54)(H,55,61,63). The first kappa shape index (κ1) is 45.4. The Labute approximate surface area is 386 Å². The van der Waals surface area contributed by atoms with E-state index in [0.717, 1.165) is 31.3 Å². The van der Waals surface area contributed by atoms with Crippen molar-refractivity contribution in [1.82, 2.24) is 30.0 Å². The molecule has 0 aliphatic carbocycles. The van der Waals surface area contributed by atoms with E-state index in [-0.39, 0.29) is 71.7 Å². The van der Waals surface area contributed by atoms with Gasteiger partial charge in [-0.3, -0.25) is 29.3 Å². The Balaban J connectivity index is 0.803. The summed E-state index contributed by atoms with van der Waals surface area (Å²) in [6, 6.07) is 11.5. The molecular formula is C48H56ClF2N9O6. The summed E-state index contributed by atoms with van der Waals surface area (Å²) in [7, 11) is 1.50. The third-order valence-electron chi connectivity index (χ3n) is 14.9. The number of anilines is 4. The maximum atomic E-state index is 16.6. The molecular weight excluding hydrogens is 872 g/mol. The highest BCUT2D eigenvalue weighted by atomic mass is 35.5. The highest BCUT2D eigenvalue weighted by Crippen LogP contribution is 2.56. The van der Waals surface area contributed by atoms with Crippen LogP contribution in [0.1, 0.15) is 88.2 Å². The van der Waals surface area contributed by atoms with E-state index in [2.05, 4.69) is 49.5 Å². The largest absolute Gasteiger partial charge is 0.478 e. The van der Waals surface area contributed by atoms with Gasteiger partial charge in [0.05, 0.1) is 34.7 Å². The van der Waals surface area contributed by atoms with Gasteiger partial charge in [-0.25, -0.2) is 13.8 Å². The van der Waals surface area contributed by atoms with Crippen LogP contribution in [-0.2, 0) is 20.9 Å². The average molecular weight is 928 g/mol. The molecule has 1 spiro atoms. The lowest BCUT2D eigenvalue weighted by Gasteiger charge is -2.67. The van der Waals surface area contributed by atoms with E-state index < -0.39 is 34.9 Å². The number of likely N-dealkylation sites (tertiary alicyclic amines) is 1. The van der Waals surface area contributed by atoms with E-state index in [1.54, 1.807) is 29.0 Å². The fourth-order valence-corrected chi connectivity index (χ4v) is 10.9. The number of fused-ring (bicyclic) bond motifs is 2. The van der Waals surface area contributed by atoms with Crippen LogP contribution in [0.2, 0.25) is 5.02 Å². The fourth-order valence-electron chi connectivity index (χ4n) is 10.8. The predicted octanol–water partition coefficient (Wildman–Crippen LogP) is 6.09. The van der Waals surface area contributed by atoms with E-state index in [1.807, 2.05) is 38.1 Å². The number of rotatable bonds is 11. The van der Waals surface area contributed by atoms with Crippen LogP contribution in [0.25, 0.3) is 10.9 Å². The molecule has 18 heteroatoms. The first-order valence-electron chi connectivity index (χ1n) is 22.8. The van der Waals surface area contributed by atoms with Gasteiger partial charge in [0.1, 0.15) is 17.5 Å². The van der Waals surface area contributed by atoms with Crippen molar-refractivity contribution in [2.75, 3.05) is 68.0 Å². The molecule has 4 amide bonds. The fraction of sp³-hybridized carbons (Fsp3) is 0.500. The third kappa shape index (κ3) is 8.01. The number of alkyl halides is 1. The topological polar surface area (TPSA) is 161 Å². The van der Waals surface area contributed by atoms with Crippen LogP contribution >= 0.6 is 11.6 Å². The first-order chi connectivity index (χ1) is 31.4. The van der Waals surface area contributed by atoms with Crippen molar-refractivity contribution in [3.8, 4) is 5.75 Å². The van der Waals surface area contributed by atoms with Gasteiger partial charge in [-0.05, 0) is 96.4 Å². The highest BCUT2D eigenvalue weighted by Gasteiger charge is 2.60. The van der Waals surface area contributed by atoms with Crippen molar-refractivity contribution < 1.29 is 32.7 Å². The Kier molecular flexibility index (Phi) is 11.8. The number of nitrogens with zero attached hydrogens (tertiary/aromatic N) is 6. The van der Waals surface area contributed by atoms with Crippen LogP contribution in [0.4, 0.5) is 31.7 Å². The van der Waals surface area contributed by atoms with Gasteiger partial charge >= 0.3 is 0 Å². The lowest BCUT2D eigenvalue weighted by molar-refractivity contribution is -0.137. The molecule has 1 atom stereocenters. The Morgan fingerprint density at radius 1 is 1.02 bits per heavy atom. The van der Waals surface area contributed by atoms with Gasteiger partial charge in [0.15, 0.2) is 18.2 Å². The number of carbonyl (C=O) groups excluding carboxylic acids is 4. The summed E-state index contributed by atoms with van der Waals surface area (Å²) in [5, 5.41) is 9.32. The van der Waals surface area contributed by atoms with Gasteiger partial charge in [0.25, 0.3) is 17.4 Å². The summed E-state index contributed by atoms with van der Waals surface area (Å²) in [6.07, 6.45) is 4.30. The number of hydrogen-bond acceptors (Lipinski definition) is 11. The zero-order chi connectivity index (χ0) is 46.9. The van der Waals surface area contributed by atoms with E-state index >= 15 is 8.78 Å². The van der Waals surface area contributed by atoms with Crippen molar-refractivity contribution in [2.24, 2.45) is 5.41 Å². The molecule has 2 aromatic heterocycles. The Hall–Kier alpha value is -5.81. The molecule has 2 aromatic carbocycles. The number of nitrogens with one attached hydrogen (secondary N) is 3. The molecule has 4 saturated heterocycles. The summed E-state index contributed by atoms with van der Waals surface area (Å²) in [5.41, 5.74) is 0.845. The molecule has 7 heterocycles. The number of halogens is 3. The smallest absolute Gasteiger partial charge is 0.293 e. The Morgan fingerprint density at radius 3 is 2.44 bits per heavy atom. The van der Waals surface area contributed by atoms with Gasteiger partial charge in [0, 0.05) is 97.8 Å². The van der Waals surface area contributed by atoms with E-state index in [9.17, 15) is 24.0 Å². The molecule has 0 saturated carbocycles. The van der Waals surface area contributed by atoms with Crippen LogP contribution in [0.3, 0.4) is 0 Å². The van der Waals surface area contributed by atoms with Gasteiger partial charge in [-0.15, -0.1) is 0 Å². The second-order valence-electron chi connectivity index (χ2n) is 19.3. The minimum Gasteiger partial charge on any atom is -0.478 e. The summed E-state index contributed by atoms with van der Waals surface area (Å²) < 4.78 is 40.2. The lowest BCUT2D eigenvalue weighted by Crippen LogP contribution is -2.74. The Morgan fingerprint density at radius 2 is 1.76 bits per heavy atom. The quantitative estimate of drug-likeness (QED) is 0.150. The molecule has 5 aliphatic rings. The molecule has 15 nitrogen and oxygen atoms in total. The third-order valence-corrected chi connectivity index (χ3v) is 15.2. The van der Waals surface area contributed by atoms with Crippen LogP contribution in [0, 0.1) is 11.2 Å². The first-order valence-corrected chi connectivity index (χ1v) is 23.1. The lowest BCUT2D eigenvalue weighted by atomic mass is 9.57. The van der Waals surface area contributed by atoms with Gasteiger partial charge in [0.2, 0.25) is 11.8 Å². The minimum atomic E-state index is -1.37. The second kappa shape index (κ2) is 17.1. The van der Waals surface area contributed by atoms with Crippen molar-refractivity contribution in [1.29, 1.82) is 0 Å². The van der Waals surface area contributed by atoms with Gasteiger partial charge < -0.3 is 39.5 Å². The zero-order valence-electron chi connectivity index (χ0n) is 37.9. The number of amides is 4. The normalized spacial score (nSPS) is 21.3. The average Bonchev–Trinajstić information content (AvgIpc) is 3.62. The molecule has 0 bridgehead atoms. The number of imide groups is 1. The number of aromatic nitrogens is 2. The number of carbonyl (C=O) groups is 4. The second-order valence-corrected chi connectivity index (χ2v) is 19.7. The minimum absolute atomic E-state index is 0.0228. The van der Waals surface area contributed by atoms with Gasteiger partial charge in [-0.1, -0.05) is 11.6 Å². The van der Waals surface area contributed by atoms with E-state index in [4.69, 9.17) is 16.3 Å². The molecule has 350 valence electrons. The molecule has 5 aliphatic heterocycles. The summed E-state index contributed by atoms with van der Waals surface area (Å²) in [4.78, 5) is 75.0. The molecule has 0 radical (unpaired) electrons. The molecule has 1 unspecified atom stereocenters. The molecule has 66 heavy (non-hydrogen) atoms. The Bertz CT molecular complexity index is 2690. The molecule has 9 rings (SSSR count). The number of pyridine rings is 2. The van der Waals surface area contributed by atoms with Gasteiger partial charge in [-0.2, -0.15) is 0 Å². The summed E-state index contributed by atoms with van der Waals surface area (Å²) in [5.74, 6) is -1.35. The number of piperidine rings is 3. The maximum Gasteiger partial charge on any atom is 0.293 e. The number of hydrogen-bond donors (Lipinski definition) is 3. The summed E-state index contributed by atoms with van der Waals surface area (Å²) >= 11 is 6.65. The number of likely N-dealkylation sites (N-methyl/N-ethyl adjacent to an activating group) is 1. The highest BCUT2D eigenvalue weighted by molar-refractivity contribution is 6.33. The van der Waals surface area contributed by atoms with Crippen molar-refractivity contribution in [3.63, 3.8) is 0 Å². The predicted molar refractivity (Wildman–Crippen MR) is 248 cm³/mol. The maximum absolute atomic E-state index is 16.6. The van der Waals surface area contributed by atoms with Crippen LogP contribution in [0.15, 0.2) is 53.5 Å².